The SMILES string of the molecule is CCN(CCC(=O)O)C(=O)N(CC1CC1)C(C)C. The van der Waals surface area contributed by atoms with E-state index in [1.165, 1.54) is 12.8 Å². The maximum Gasteiger partial charge on any atom is 0.320 e. The van der Waals surface area contributed by atoms with Crippen LogP contribution in [0.15, 0.2) is 0 Å². The van der Waals surface area contributed by atoms with Crippen LogP contribution in [0, 0.1) is 5.92 Å². The molecule has 1 aliphatic carbocycles. The van der Waals surface area contributed by atoms with Crippen LogP contribution >= 0.6 is 0 Å². The van der Waals surface area contributed by atoms with Crippen molar-refractivity contribution in [2.45, 2.75) is 46.1 Å². The van der Waals surface area contributed by atoms with E-state index in [1.54, 1.807) is 4.90 Å². The quantitative estimate of drug-likeness (QED) is 0.758. The first kappa shape index (κ1) is 14.8. The summed E-state index contributed by atoms with van der Waals surface area (Å²) in [6.07, 6.45) is 2.42. The smallest absolute Gasteiger partial charge is 0.320 e. The molecule has 0 aliphatic heterocycles. The second kappa shape index (κ2) is 6.61. The summed E-state index contributed by atoms with van der Waals surface area (Å²) in [4.78, 5) is 26.4. The molecule has 0 atom stereocenters. The van der Waals surface area contributed by atoms with Gasteiger partial charge in [-0.1, -0.05) is 0 Å². The number of hydrogen-bond acceptors (Lipinski definition) is 2. The van der Waals surface area contributed by atoms with Gasteiger partial charge in [0.25, 0.3) is 0 Å². The molecule has 0 aromatic heterocycles. The Balaban J connectivity index is 2.56. The predicted octanol–water partition coefficient (Wildman–Crippen LogP) is 2.02. The Morgan fingerprint density at radius 3 is 2.33 bits per heavy atom. The number of nitrogens with zero attached hydrogens (tertiary/aromatic N) is 2. The van der Waals surface area contributed by atoms with Crippen LogP contribution < -0.4 is 0 Å². The van der Waals surface area contributed by atoms with Gasteiger partial charge in [-0.2, -0.15) is 0 Å². The van der Waals surface area contributed by atoms with E-state index in [4.69, 9.17) is 5.11 Å². The minimum atomic E-state index is -0.862. The number of carboxylic acid groups (broad SMARTS) is 1. The van der Waals surface area contributed by atoms with Gasteiger partial charge in [-0.25, -0.2) is 4.79 Å². The molecule has 1 rings (SSSR count). The van der Waals surface area contributed by atoms with Gasteiger partial charge >= 0.3 is 12.0 Å². The number of carboxylic acids is 1. The Hall–Kier alpha value is -1.26. The molecule has 0 spiro atoms. The number of amides is 2. The third kappa shape index (κ3) is 4.55. The molecule has 0 heterocycles. The Morgan fingerprint density at radius 2 is 1.94 bits per heavy atom. The minimum absolute atomic E-state index is 0.00887. The minimum Gasteiger partial charge on any atom is -0.481 e. The van der Waals surface area contributed by atoms with Crippen molar-refractivity contribution in [2.24, 2.45) is 5.92 Å². The molecule has 1 fully saturated rings. The molecule has 1 saturated carbocycles. The Bertz CT molecular complexity index is 301. The third-order valence-electron chi connectivity index (χ3n) is 3.27. The van der Waals surface area contributed by atoms with E-state index in [9.17, 15) is 9.59 Å². The zero-order valence-corrected chi connectivity index (χ0v) is 11.6. The number of carbonyl (C=O) groups excluding carboxylic acids is 1. The van der Waals surface area contributed by atoms with Gasteiger partial charge in [0.15, 0.2) is 0 Å². The lowest BCUT2D eigenvalue weighted by atomic mass is 10.3. The average Bonchev–Trinajstić information content (AvgIpc) is 3.09. The van der Waals surface area contributed by atoms with Crippen molar-refractivity contribution in [3.8, 4) is 0 Å². The molecule has 1 N–H and O–H groups in total. The summed E-state index contributed by atoms with van der Waals surface area (Å²) in [5, 5.41) is 8.69. The molecule has 0 unspecified atom stereocenters. The Labute approximate surface area is 109 Å². The van der Waals surface area contributed by atoms with Crippen LogP contribution in [0.4, 0.5) is 4.79 Å². The van der Waals surface area contributed by atoms with Crippen LogP contribution in [-0.4, -0.2) is 52.6 Å². The Kier molecular flexibility index (Phi) is 5.44. The summed E-state index contributed by atoms with van der Waals surface area (Å²) >= 11 is 0. The maximum absolute atomic E-state index is 12.4. The van der Waals surface area contributed by atoms with Crippen LogP contribution in [0.5, 0.6) is 0 Å². The highest BCUT2D eigenvalue weighted by Crippen LogP contribution is 2.30. The molecule has 1 aliphatic rings. The highest BCUT2D eigenvalue weighted by molar-refractivity contribution is 5.75. The summed E-state index contributed by atoms with van der Waals surface area (Å²) in [5.74, 6) is -0.214. The van der Waals surface area contributed by atoms with Gasteiger partial charge < -0.3 is 14.9 Å². The molecule has 5 heteroatoms. The summed E-state index contributed by atoms with van der Waals surface area (Å²) in [5.41, 5.74) is 0. The molecule has 0 radical (unpaired) electrons. The molecular formula is C13H24N2O3. The normalized spacial score (nSPS) is 14.7. The zero-order chi connectivity index (χ0) is 13.7. The number of urea groups is 1. The van der Waals surface area contributed by atoms with E-state index in [2.05, 4.69) is 0 Å². The van der Waals surface area contributed by atoms with Crippen LogP contribution in [0.1, 0.15) is 40.0 Å². The zero-order valence-electron chi connectivity index (χ0n) is 11.6. The Morgan fingerprint density at radius 1 is 1.33 bits per heavy atom. The van der Waals surface area contributed by atoms with Gasteiger partial charge in [0, 0.05) is 25.7 Å². The van der Waals surface area contributed by atoms with Crippen molar-refractivity contribution in [3.63, 3.8) is 0 Å². The number of carbonyl (C=O) groups is 2. The van der Waals surface area contributed by atoms with E-state index in [1.807, 2.05) is 25.7 Å². The first-order valence-corrected chi connectivity index (χ1v) is 6.73. The molecule has 2 amide bonds. The molecule has 18 heavy (non-hydrogen) atoms. The van der Waals surface area contributed by atoms with Crippen molar-refractivity contribution in [1.29, 1.82) is 0 Å². The van der Waals surface area contributed by atoms with Crippen molar-refractivity contribution >= 4 is 12.0 Å². The molecule has 0 aromatic carbocycles. The second-order valence-electron chi connectivity index (χ2n) is 5.20. The molecule has 5 nitrogen and oxygen atoms in total. The van der Waals surface area contributed by atoms with Crippen LogP contribution in [-0.2, 0) is 4.79 Å². The molecule has 0 bridgehead atoms. The maximum atomic E-state index is 12.4. The lowest BCUT2D eigenvalue weighted by Crippen LogP contribution is -2.47. The summed E-state index contributed by atoms with van der Waals surface area (Å²) in [6, 6.07) is 0.137. The van der Waals surface area contributed by atoms with Crippen molar-refractivity contribution in [2.75, 3.05) is 19.6 Å². The summed E-state index contributed by atoms with van der Waals surface area (Å²) < 4.78 is 0. The standard InChI is InChI=1S/C13H24N2O3/c1-4-14(8-7-12(16)17)13(18)15(10(2)3)9-11-5-6-11/h10-11H,4-9H2,1-3H3,(H,16,17). The first-order valence-electron chi connectivity index (χ1n) is 6.73. The molecular weight excluding hydrogens is 232 g/mol. The van der Waals surface area contributed by atoms with E-state index in [0.29, 0.717) is 19.0 Å². The molecule has 104 valence electrons. The van der Waals surface area contributed by atoms with E-state index in [-0.39, 0.29) is 18.5 Å². The number of hydrogen-bond donors (Lipinski definition) is 1. The van der Waals surface area contributed by atoms with Gasteiger partial charge in [-0.05, 0) is 39.5 Å². The fourth-order valence-corrected chi connectivity index (χ4v) is 1.89. The number of rotatable bonds is 7. The van der Waals surface area contributed by atoms with Crippen LogP contribution in [0.2, 0.25) is 0 Å². The van der Waals surface area contributed by atoms with E-state index in [0.717, 1.165) is 6.54 Å². The highest BCUT2D eigenvalue weighted by Gasteiger charge is 2.30. The van der Waals surface area contributed by atoms with Gasteiger partial charge in [0.2, 0.25) is 0 Å². The van der Waals surface area contributed by atoms with Crippen LogP contribution in [0.3, 0.4) is 0 Å². The van der Waals surface area contributed by atoms with Gasteiger partial charge in [0.05, 0.1) is 6.42 Å². The second-order valence-corrected chi connectivity index (χ2v) is 5.20. The third-order valence-corrected chi connectivity index (χ3v) is 3.27. The molecule has 0 aromatic rings. The van der Waals surface area contributed by atoms with Gasteiger partial charge in [-0.15, -0.1) is 0 Å². The lowest BCUT2D eigenvalue weighted by Gasteiger charge is -2.32. The van der Waals surface area contributed by atoms with Crippen molar-refractivity contribution in [3.05, 3.63) is 0 Å². The first-order chi connectivity index (χ1) is 8.45. The fraction of sp³-hybridized carbons (Fsp3) is 0.846. The highest BCUT2D eigenvalue weighted by atomic mass is 16.4. The van der Waals surface area contributed by atoms with Gasteiger partial charge in [0.1, 0.15) is 0 Å². The largest absolute Gasteiger partial charge is 0.481 e. The summed E-state index contributed by atoms with van der Waals surface area (Å²) in [7, 11) is 0. The number of aliphatic carboxylic acids is 1. The summed E-state index contributed by atoms with van der Waals surface area (Å²) in [6.45, 7) is 7.55. The predicted molar refractivity (Wildman–Crippen MR) is 69.5 cm³/mol. The topological polar surface area (TPSA) is 60.9 Å². The lowest BCUT2D eigenvalue weighted by molar-refractivity contribution is -0.137. The van der Waals surface area contributed by atoms with E-state index < -0.39 is 5.97 Å². The molecule has 0 saturated heterocycles. The fourth-order valence-electron chi connectivity index (χ4n) is 1.89. The van der Waals surface area contributed by atoms with Crippen LogP contribution in [0.25, 0.3) is 0 Å². The average molecular weight is 256 g/mol. The van der Waals surface area contributed by atoms with Crippen molar-refractivity contribution in [1.82, 2.24) is 9.80 Å². The van der Waals surface area contributed by atoms with E-state index >= 15 is 0 Å². The monoisotopic (exact) mass is 256 g/mol. The van der Waals surface area contributed by atoms with Crippen molar-refractivity contribution < 1.29 is 14.7 Å². The van der Waals surface area contributed by atoms with Gasteiger partial charge in [-0.3, -0.25) is 4.79 Å².